The second-order valence-electron chi connectivity index (χ2n) is 6.88. The molecule has 0 unspecified atom stereocenters. The van der Waals surface area contributed by atoms with E-state index in [1.165, 1.54) is 37.9 Å². The molecule has 1 saturated heterocycles. The van der Waals surface area contributed by atoms with Crippen LogP contribution in [0.2, 0.25) is 0 Å². The number of nitrogens with zero attached hydrogens (tertiary/aromatic N) is 3. The Morgan fingerprint density at radius 3 is 2.37 bits per heavy atom. The Bertz CT molecular complexity index is 931. The van der Waals surface area contributed by atoms with Gasteiger partial charge in [0.05, 0.1) is 0 Å². The highest BCUT2D eigenvalue weighted by Crippen LogP contribution is 2.17. The lowest BCUT2D eigenvalue weighted by Gasteiger charge is -2.26. The third-order valence-electron chi connectivity index (χ3n) is 4.82. The number of aromatic nitrogens is 3. The van der Waals surface area contributed by atoms with Gasteiger partial charge in [0.15, 0.2) is 5.69 Å². The van der Waals surface area contributed by atoms with E-state index in [-0.39, 0.29) is 5.56 Å². The fourth-order valence-electron chi connectivity index (χ4n) is 3.38. The van der Waals surface area contributed by atoms with Gasteiger partial charge in [-0.2, -0.15) is 0 Å². The monoisotopic (exact) mass is 361 g/mol. The minimum absolute atomic E-state index is 0.264. The zero-order valence-corrected chi connectivity index (χ0v) is 15.2. The van der Waals surface area contributed by atoms with Gasteiger partial charge in [-0.3, -0.25) is 14.7 Å². The lowest BCUT2D eigenvalue weighted by molar-refractivity contribution is 0.221. The summed E-state index contributed by atoms with van der Waals surface area (Å²) in [5.74, 6) is 0.337. The Labute approximate surface area is 158 Å². The Morgan fingerprint density at radius 2 is 1.67 bits per heavy atom. The average molecular weight is 361 g/mol. The topological polar surface area (TPSA) is 73.9 Å². The molecule has 4 rings (SSSR count). The molecule has 2 N–H and O–H groups in total. The van der Waals surface area contributed by atoms with Crippen molar-refractivity contribution < 1.29 is 0 Å². The van der Waals surface area contributed by atoms with Gasteiger partial charge < -0.3 is 5.32 Å². The molecule has 1 fully saturated rings. The standard InChI is InChI=1S/C21H23N5O/c27-20-19(17-7-3-1-4-8-17)24-25-21(23-20)22-18-11-9-16(10-12-18)15-26-13-5-2-6-14-26/h1,3-4,7-12H,2,5-6,13-15H2,(H2,22,23,25,27). The van der Waals surface area contributed by atoms with Gasteiger partial charge in [-0.25, -0.2) is 0 Å². The van der Waals surface area contributed by atoms with Gasteiger partial charge in [-0.15, -0.1) is 10.2 Å². The molecule has 6 heteroatoms. The van der Waals surface area contributed by atoms with Crippen molar-refractivity contribution in [3.8, 4) is 11.3 Å². The summed E-state index contributed by atoms with van der Waals surface area (Å²) in [5, 5.41) is 11.3. The quantitative estimate of drug-likeness (QED) is 0.727. The molecule has 138 valence electrons. The Balaban J connectivity index is 1.43. The first-order chi connectivity index (χ1) is 13.3. The average Bonchev–Trinajstić information content (AvgIpc) is 2.71. The number of benzene rings is 2. The third-order valence-corrected chi connectivity index (χ3v) is 4.82. The summed E-state index contributed by atoms with van der Waals surface area (Å²) in [6.07, 6.45) is 3.94. The van der Waals surface area contributed by atoms with Crippen LogP contribution in [-0.2, 0) is 6.54 Å². The number of piperidine rings is 1. The summed E-state index contributed by atoms with van der Waals surface area (Å²) in [6.45, 7) is 3.36. The number of likely N-dealkylation sites (tertiary alicyclic amines) is 1. The normalized spacial score (nSPS) is 14.8. The highest BCUT2D eigenvalue weighted by molar-refractivity contribution is 5.58. The largest absolute Gasteiger partial charge is 0.324 e. The zero-order chi connectivity index (χ0) is 18.5. The summed E-state index contributed by atoms with van der Waals surface area (Å²) in [7, 11) is 0. The maximum atomic E-state index is 12.3. The lowest BCUT2D eigenvalue weighted by Crippen LogP contribution is -2.29. The predicted molar refractivity (Wildman–Crippen MR) is 107 cm³/mol. The number of aromatic amines is 1. The molecule has 6 nitrogen and oxygen atoms in total. The first-order valence-corrected chi connectivity index (χ1v) is 9.39. The number of nitrogens with one attached hydrogen (secondary N) is 2. The van der Waals surface area contributed by atoms with Crippen LogP contribution in [0.4, 0.5) is 11.6 Å². The molecular formula is C21H23N5O. The molecule has 1 aromatic heterocycles. The van der Waals surface area contributed by atoms with Gasteiger partial charge in [-0.1, -0.05) is 48.9 Å². The molecule has 0 radical (unpaired) electrons. The van der Waals surface area contributed by atoms with E-state index in [9.17, 15) is 4.79 Å². The summed E-state index contributed by atoms with van der Waals surface area (Å²) < 4.78 is 0. The van der Waals surface area contributed by atoms with Crippen LogP contribution in [0.5, 0.6) is 0 Å². The molecule has 27 heavy (non-hydrogen) atoms. The van der Waals surface area contributed by atoms with Gasteiger partial charge in [0.2, 0.25) is 5.95 Å². The molecule has 1 aliphatic rings. The lowest BCUT2D eigenvalue weighted by atomic mass is 10.1. The SMILES string of the molecule is O=c1[nH]c(Nc2ccc(CN3CCCCC3)cc2)nnc1-c1ccccc1. The van der Waals surface area contributed by atoms with E-state index in [4.69, 9.17) is 0 Å². The van der Waals surface area contributed by atoms with Crippen molar-refractivity contribution in [2.45, 2.75) is 25.8 Å². The van der Waals surface area contributed by atoms with Crippen LogP contribution in [0.3, 0.4) is 0 Å². The Morgan fingerprint density at radius 1 is 0.926 bits per heavy atom. The van der Waals surface area contributed by atoms with Gasteiger partial charge in [0.1, 0.15) is 0 Å². The molecule has 3 aromatic rings. The van der Waals surface area contributed by atoms with Crippen molar-refractivity contribution in [3.05, 3.63) is 70.5 Å². The number of hydrogen-bond acceptors (Lipinski definition) is 5. The third kappa shape index (κ3) is 4.41. The van der Waals surface area contributed by atoms with E-state index in [1.807, 2.05) is 42.5 Å². The fraction of sp³-hybridized carbons (Fsp3) is 0.286. The van der Waals surface area contributed by atoms with E-state index < -0.39 is 0 Å². The van der Waals surface area contributed by atoms with Crippen molar-refractivity contribution in [3.63, 3.8) is 0 Å². The van der Waals surface area contributed by atoms with Crippen LogP contribution in [0.1, 0.15) is 24.8 Å². The molecule has 0 amide bonds. The molecule has 0 bridgehead atoms. The summed E-state index contributed by atoms with van der Waals surface area (Å²) >= 11 is 0. The van der Waals surface area contributed by atoms with Crippen LogP contribution in [-0.4, -0.2) is 33.2 Å². The van der Waals surface area contributed by atoms with E-state index >= 15 is 0 Å². The minimum atomic E-state index is -0.264. The summed E-state index contributed by atoms with van der Waals surface area (Å²) in [4.78, 5) is 17.6. The smallest absolute Gasteiger partial charge is 0.279 e. The van der Waals surface area contributed by atoms with Crippen molar-refractivity contribution in [1.29, 1.82) is 0 Å². The van der Waals surface area contributed by atoms with E-state index in [0.717, 1.165) is 17.8 Å². The minimum Gasteiger partial charge on any atom is -0.324 e. The first kappa shape index (κ1) is 17.4. The van der Waals surface area contributed by atoms with Crippen LogP contribution >= 0.6 is 0 Å². The highest BCUT2D eigenvalue weighted by atomic mass is 16.1. The fourth-order valence-corrected chi connectivity index (χ4v) is 3.38. The molecule has 2 aromatic carbocycles. The second-order valence-corrected chi connectivity index (χ2v) is 6.88. The molecule has 2 heterocycles. The van der Waals surface area contributed by atoms with Crippen molar-refractivity contribution >= 4 is 11.6 Å². The maximum absolute atomic E-state index is 12.3. The van der Waals surface area contributed by atoms with Crippen molar-refractivity contribution in [1.82, 2.24) is 20.1 Å². The maximum Gasteiger partial charge on any atom is 0.279 e. The van der Waals surface area contributed by atoms with Gasteiger partial charge >= 0.3 is 0 Å². The molecule has 1 aliphatic heterocycles. The highest BCUT2D eigenvalue weighted by Gasteiger charge is 2.10. The molecule has 0 saturated carbocycles. The van der Waals surface area contributed by atoms with Crippen LogP contribution in [0.25, 0.3) is 11.3 Å². The zero-order valence-electron chi connectivity index (χ0n) is 15.2. The van der Waals surface area contributed by atoms with E-state index in [0.29, 0.717) is 11.6 Å². The van der Waals surface area contributed by atoms with E-state index in [1.54, 1.807) is 0 Å². The van der Waals surface area contributed by atoms with Gasteiger partial charge in [0, 0.05) is 17.8 Å². The first-order valence-electron chi connectivity index (χ1n) is 9.39. The molecular weight excluding hydrogens is 338 g/mol. The van der Waals surface area contributed by atoms with Crippen LogP contribution < -0.4 is 10.9 Å². The van der Waals surface area contributed by atoms with Crippen LogP contribution in [0.15, 0.2) is 59.4 Å². The number of H-pyrrole nitrogens is 1. The molecule has 0 aliphatic carbocycles. The second kappa shape index (κ2) is 8.14. The van der Waals surface area contributed by atoms with E-state index in [2.05, 4.69) is 37.5 Å². The van der Waals surface area contributed by atoms with Gasteiger partial charge in [0.25, 0.3) is 5.56 Å². The summed E-state index contributed by atoms with van der Waals surface area (Å²) in [5.41, 5.74) is 2.97. The van der Waals surface area contributed by atoms with Gasteiger partial charge in [-0.05, 0) is 43.6 Å². The molecule has 0 spiro atoms. The van der Waals surface area contributed by atoms with Crippen molar-refractivity contribution in [2.75, 3.05) is 18.4 Å². The molecule has 0 atom stereocenters. The Hall–Kier alpha value is -2.99. The number of rotatable bonds is 5. The summed E-state index contributed by atoms with van der Waals surface area (Å²) in [6, 6.07) is 17.6. The Kier molecular flexibility index (Phi) is 5.25. The predicted octanol–water partition coefficient (Wildman–Crippen LogP) is 3.56. The van der Waals surface area contributed by atoms with Crippen molar-refractivity contribution in [2.24, 2.45) is 0 Å². The number of hydrogen-bond donors (Lipinski definition) is 2. The van der Waals surface area contributed by atoms with Crippen LogP contribution in [0, 0.1) is 0 Å². The number of anilines is 2.